The molecular weight excluding hydrogens is 404 g/mol. The summed E-state index contributed by atoms with van der Waals surface area (Å²) in [4.78, 5) is 22.5. The maximum Gasteiger partial charge on any atom is 0.319 e. The number of aromatic amines is 1. The van der Waals surface area contributed by atoms with E-state index < -0.39 is 10.8 Å². The van der Waals surface area contributed by atoms with Crippen molar-refractivity contribution >= 4 is 17.3 Å². The number of ether oxygens (including phenoxy) is 3. The molecule has 0 aliphatic rings. The summed E-state index contributed by atoms with van der Waals surface area (Å²) in [5.41, 5.74) is 0.766. The van der Waals surface area contributed by atoms with Gasteiger partial charge in [0.15, 0.2) is 11.5 Å². The Hall–Kier alpha value is -4.08. The predicted octanol–water partition coefficient (Wildman–Crippen LogP) is 3.95. The summed E-state index contributed by atoms with van der Waals surface area (Å²) in [6.07, 6.45) is 0.990. The van der Waals surface area contributed by atoms with Crippen LogP contribution >= 0.6 is 0 Å². The number of nitrogens with one attached hydrogen (secondary N) is 2. The van der Waals surface area contributed by atoms with Crippen molar-refractivity contribution in [2.24, 2.45) is 0 Å². The number of nitro groups is 1. The average Bonchev–Trinajstić information content (AvgIpc) is 3.26. The Morgan fingerprint density at radius 3 is 2.45 bits per heavy atom. The van der Waals surface area contributed by atoms with Gasteiger partial charge in [0.2, 0.25) is 5.69 Å². The van der Waals surface area contributed by atoms with Crippen molar-refractivity contribution in [2.45, 2.75) is 20.5 Å². The highest BCUT2D eigenvalue weighted by Crippen LogP contribution is 2.29. The number of carbonyl (C=O) groups is 1. The standard InChI is InChI=1S/C21H22N4O6/c1-3-29-18-10-5-14(11-19(18)30-4-2)13-31-16-8-6-15(7-9-16)23-21(26)20-17(25(27)28)12-22-24-20/h5-12H,3-4,13H2,1-2H3,(H,22,24)(H,23,26). The first-order chi connectivity index (χ1) is 15.0. The highest BCUT2D eigenvalue weighted by Gasteiger charge is 2.22. The third-order valence-corrected chi connectivity index (χ3v) is 4.17. The quantitative estimate of drug-likeness (QED) is 0.371. The number of anilines is 1. The summed E-state index contributed by atoms with van der Waals surface area (Å²) in [6, 6.07) is 12.3. The number of H-pyrrole nitrogens is 1. The van der Waals surface area contributed by atoms with Crippen molar-refractivity contribution in [1.82, 2.24) is 10.2 Å². The van der Waals surface area contributed by atoms with Crippen LogP contribution in [0.25, 0.3) is 0 Å². The number of benzene rings is 2. The lowest BCUT2D eigenvalue weighted by molar-refractivity contribution is -0.385. The fourth-order valence-electron chi connectivity index (χ4n) is 2.77. The molecule has 3 rings (SSSR count). The Kier molecular flexibility index (Phi) is 7.05. The molecule has 162 valence electrons. The van der Waals surface area contributed by atoms with Gasteiger partial charge in [0, 0.05) is 5.69 Å². The summed E-state index contributed by atoms with van der Waals surface area (Å²) >= 11 is 0. The fraction of sp³-hybridized carbons (Fsp3) is 0.238. The number of hydrogen-bond donors (Lipinski definition) is 2. The van der Waals surface area contributed by atoms with Crippen LogP contribution in [0, 0.1) is 10.1 Å². The van der Waals surface area contributed by atoms with Crippen molar-refractivity contribution < 1.29 is 23.9 Å². The topological polar surface area (TPSA) is 129 Å². The van der Waals surface area contributed by atoms with Gasteiger partial charge in [-0.25, -0.2) is 0 Å². The van der Waals surface area contributed by atoms with Gasteiger partial charge in [-0.2, -0.15) is 5.10 Å². The van der Waals surface area contributed by atoms with Crippen molar-refractivity contribution in [3.05, 3.63) is 70.0 Å². The van der Waals surface area contributed by atoms with Crippen LogP contribution in [0.5, 0.6) is 17.2 Å². The molecule has 0 spiro atoms. The Labute approximate surface area is 178 Å². The lowest BCUT2D eigenvalue weighted by atomic mass is 10.2. The minimum Gasteiger partial charge on any atom is -0.490 e. The van der Waals surface area contributed by atoms with E-state index in [1.807, 2.05) is 32.0 Å². The number of amides is 1. The van der Waals surface area contributed by atoms with Gasteiger partial charge < -0.3 is 19.5 Å². The van der Waals surface area contributed by atoms with Crippen LogP contribution < -0.4 is 19.5 Å². The van der Waals surface area contributed by atoms with Crippen LogP contribution in [-0.2, 0) is 6.61 Å². The molecule has 1 aromatic heterocycles. The van der Waals surface area contributed by atoms with Crippen LogP contribution in [0.1, 0.15) is 29.9 Å². The molecule has 0 aliphatic carbocycles. The highest BCUT2D eigenvalue weighted by atomic mass is 16.6. The molecule has 0 fully saturated rings. The first kappa shape index (κ1) is 21.6. The van der Waals surface area contributed by atoms with Crippen LogP contribution in [0.4, 0.5) is 11.4 Å². The number of hydrogen-bond acceptors (Lipinski definition) is 7. The number of nitrogens with zero attached hydrogens (tertiary/aromatic N) is 2. The maximum atomic E-state index is 12.2. The molecule has 3 aromatic rings. The smallest absolute Gasteiger partial charge is 0.319 e. The first-order valence-corrected chi connectivity index (χ1v) is 9.62. The second-order valence-corrected chi connectivity index (χ2v) is 6.30. The SMILES string of the molecule is CCOc1ccc(COc2ccc(NC(=O)c3[nH]ncc3[N+](=O)[O-])cc2)cc1OCC. The van der Waals surface area contributed by atoms with E-state index in [9.17, 15) is 14.9 Å². The van der Waals surface area contributed by atoms with Crippen LogP contribution in [-0.4, -0.2) is 34.2 Å². The van der Waals surface area contributed by atoms with E-state index in [1.165, 1.54) is 0 Å². The zero-order valence-corrected chi connectivity index (χ0v) is 17.1. The Morgan fingerprint density at radius 2 is 1.77 bits per heavy atom. The van der Waals surface area contributed by atoms with Gasteiger partial charge in [-0.1, -0.05) is 6.07 Å². The van der Waals surface area contributed by atoms with Crippen molar-refractivity contribution in [2.75, 3.05) is 18.5 Å². The molecule has 2 N–H and O–H groups in total. The predicted molar refractivity (Wildman–Crippen MR) is 113 cm³/mol. The number of aromatic nitrogens is 2. The van der Waals surface area contributed by atoms with E-state index in [-0.39, 0.29) is 11.4 Å². The van der Waals surface area contributed by atoms with Crippen molar-refractivity contribution in [3.8, 4) is 17.2 Å². The van der Waals surface area contributed by atoms with E-state index in [0.717, 1.165) is 11.8 Å². The first-order valence-electron chi connectivity index (χ1n) is 9.62. The number of rotatable bonds is 10. The van der Waals surface area contributed by atoms with Crippen molar-refractivity contribution in [3.63, 3.8) is 0 Å². The highest BCUT2D eigenvalue weighted by molar-refractivity contribution is 6.05. The Bertz CT molecular complexity index is 1050. The molecule has 0 unspecified atom stereocenters. The van der Waals surface area contributed by atoms with E-state index in [0.29, 0.717) is 42.8 Å². The molecule has 0 bridgehead atoms. The monoisotopic (exact) mass is 426 g/mol. The molecule has 1 heterocycles. The summed E-state index contributed by atoms with van der Waals surface area (Å²) in [5, 5.41) is 19.4. The molecular formula is C21H22N4O6. The lowest BCUT2D eigenvalue weighted by Gasteiger charge is -2.13. The Morgan fingerprint density at radius 1 is 1.06 bits per heavy atom. The van der Waals surface area contributed by atoms with Crippen LogP contribution in [0.3, 0.4) is 0 Å². The van der Waals surface area contributed by atoms with Gasteiger partial charge in [-0.3, -0.25) is 20.0 Å². The van der Waals surface area contributed by atoms with E-state index >= 15 is 0 Å². The van der Waals surface area contributed by atoms with Crippen LogP contribution in [0.2, 0.25) is 0 Å². The second kappa shape index (κ2) is 10.1. The molecule has 0 atom stereocenters. The maximum absolute atomic E-state index is 12.2. The molecule has 0 saturated carbocycles. The second-order valence-electron chi connectivity index (χ2n) is 6.30. The van der Waals surface area contributed by atoms with E-state index in [1.54, 1.807) is 24.3 Å². The van der Waals surface area contributed by atoms with Gasteiger partial charge in [-0.05, 0) is 55.8 Å². The van der Waals surface area contributed by atoms with E-state index in [2.05, 4.69) is 15.5 Å². The molecule has 0 aliphatic heterocycles. The van der Waals surface area contributed by atoms with Gasteiger partial charge >= 0.3 is 5.69 Å². The third-order valence-electron chi connectivity index (χ3n) is 4.17. The van der Waals surface area contributed by atoms with E-state index in [4.69, 9.17) is 14.2 Å². The minimum atomic E-state index is -0.673. The van der Waals surface area contributed by atoms with Crippen molar-refractivity contribution in [1.29, 1.82) is 0 Å². The summed E-state index contributed by atoms with van der Waals surface area (Å²) in [5.74, 6) is 1.29. The average molecular weight is 426 g/mol. The molecule has 10 nitrogen and oxygen atoms in total. The fourth-order valence-corrected chi connectivity index (χ4v) is 2.77. The van der Waals surface area contributed by atoms with Gasteiger partial charge in [0.05, 0.1) is 18.1 Å². The Balaban J connectivity index is 1.61. The minimum absolute atomic E-state index is 0.217. The van der Waals surface area contributed by atoms with Gasteiger partial charge in [0.25, 0.3) is 5.91 Å². The third kappa shape index (κ3) is 5.50. The lowest BCUT2D eigenvalue weighted by Crippen LogP contribution is -2.14. The molecule has 10 heteroatoms. The molecule has 2 aromatic carbocycles. The zero-order valence-electron chi connectivity index (χ0n) is 17.1. The largest absolute Gasteiger partial charge is 0.490 e. The van der Waals surface area contributed by atoms with Gasteiger partial charge in [-0.15, -0.1) is 0 Å². The normalized spacial score (nSPS) is 10.4. The molecule has 31 heavy (non-hydrogen) atoms. The van der Waals surface area contributed by atoms with Gasteiger partial charge in [0.1, 0.15) is 18.6 Å². The molecule has 1 amide bonds. The molecule has 0 radical (unpaired) electrons. The number of carbonyl (C=O) groups excluding carboxylic acids is 1. The molecule has 0 saturated heterocycles. The zero-order chi connectivity index (χ0) is 22.2. The van der Waals surface area contributed by atoms with Crippen LogP contribution in [0.15, 0.2) is 48.7 Å². The summed E-state index contributed by atoms with van der Waals surface area (Å²) in [6.45, 7) is 5.21. The summed E-state index contributed by atoms with van der Waals surface area (Å²) in [7, 11) is 0. The summed E-state index contributed by atoms with van der Waals surface area (Å²) < 4.78 is 17.0.